The van der Waals surface area contributed by atoms with Crippen LogP contribution in [-0.4, -0.2) is 16.8 Å². The Morgan fingerprint density at radius 1 is 1.33 bits per heavy atom. The van der Waals surface area contributed by atoms with E-state index in [0.29, 0.717) is 0 Å². The van der Waals surface area contributed by atoms with Crippen LogP contribution in [-0.2, 0) is 4.46 Å². The molecule has 0 saturated heterocycles. The highest BCUT2D eigenvalue weighted by molar-refractivity contribution is 6.76. The maximum Gasteiger partial charge on any atom is 0.273 e. The van der Waals surface area contributed by atoms with Gasteiger partial charge >= 0.3 is 0 Å². The average molecular weight is 160 g/mol. The second-order valence-corrected chi connectivity index (χ2v) is 11.3. The van der Waals surface area contributed by atoms with Crippen LogP contribution in [0.5, 0.6) is 0 Å². The first kappa shape index (κ1) is 9.23. The number of hydrogen-bond donors (Lipinski definition) is 0. The SMILES string of the molecule is C[Si](=O)CC[Si](C)(C)C. The van der Waals surface area contributed by atoms with Gasteiger partial charge in [0, 0.05) is 8.07 Å². The van der Waals surface area contributed by atoms with Gasteiger partial charge in [0.2, 0.25) is 0 Å². The Hall–Kier alpha value is 0.234. The van der Waals surface area contributed by atoms with Crippen LogP contribution in [0, 0.1) is 0 Å². The van der Waals surface area contributed by atoms with Crippen molar-refractivity contribution in [2.75, 3.05) is 0 Å². The molecule has 0 aliphatic rings. The van der Waals surface area contributed by atoms with Gasteiger partial charge in [-0.25, -0.2) is 0 Å². The molecule has 0 heterocycles. The largest absolute Gasteiger partial charge is 0.389 e. The van der Waals surface area contributed by atoms with E-state index in [4.69, 9.17) is 0 Å². The Morgan fingerprint density at radius 2 is 1.78 bits per heavy atom. The zero-order chi connectivity index (χ0) is 7.49. The third-order valence-electron chi connectivity index (χ3n) is 1.23. The van der Waals surface area contributed by atoms with Crippen molar-refractivity contribution >= 4 is 16.8 Å². The van der Waals surface area contributed by atoms with Crippen LogP contribution >= 0.6 is 0 Å². The summed E-state index contributed by atoms with van der Waals surface area (Å²) < 4.78 is 10.7. The number of rotatable bonds is 3. The summed E-state index contributed by atoms with van der Waals surface area (Å²) in [5.74, 6) is 0. The van der Waals surface area contributed by atoms with Gasteiger partial charge in [-0.15, -0.1) is 0 Å². The van der Waals surface area contributed by atoms with Gasteiger partial charge in [0.1, 0.15) is 0 Å². The highest BCUT2D eigenvalue weighted by Crippen LogP contribution is 2.11. The van der Waals surface area contributed by atoms with E-state index in [0.717, 1.165) is 6.04 Å². The van der Waals surface area contributed by atoms with Gasteiger partial charge in [-0.1, -0.05) is 25.7 Å². The van der Waals surface area contributed by atoms with Crippen molar-refractivity contribution in [3.05, 3.63) is 0 Å². The van der Waals surface area contributed by atoms with Crippen molar-refractivity contribution in [1.82, 2.24) is 0 Å². The van der Waals surface area contributed by atoms with Gasteiger partial charge in [0.15, 0.2) is 0 Å². The van der Waals surface area contributed by atoms with E-state index in [-0.39, 0.29) is 0 Å². The van der Waals surface area contributed by atoms with Gasteiger partial charge < -0.3 is 4.46 Å². The molecule has 0 aromatic rings. The summed E-state index contributed by atoms with van der Waals surface area (Å²) in [4.78, 5) is 0. The number of hydrogen-bond acceptors (Lipinski definition) is 1. The van der Waals surface area contributed by atoms with Gasteiger partial charge in [-0.3, -0.25) is 0 Å². The molecule has 54 valence electrons. The quantitative estimate of drug-likeness (QED) is 0.579. The summed E-state index contributed by atoms with van der Waals surface area (Å²) in [6, 6.07) is 2.20. The topological polar surface area (TPSA) is 17.1 Å². The fraction of sp³-hybridized carbons (Fsp3) is 1.00. The first-order valence-electron chi connectivity index (χ1n) is 3.41. The molecule has 0 bridgehead atoms. The maximum absolute atomic E-state index is 10.7. The summed E-state index contributed by atoms with van der Waals surface area (Å²) in [6.07, 6.45) is 0. The summed E-state index contributed by atoms with van der Waals surface area (Å²) >= 11 is 0. The van der Waals surface area contributed by atoms with E-state index in [1.807, 2.05) is 6.55 Å². The van der Waals surface area contributed by atoms with E-state index in [2.05, 4.69) is 19.6 Å². The van der Waals surface area contributed by atoms with E-state index in [9.17, 15) is 4.46 Å². The molecule has 0 amide bonds. The average Bonchev–Trinajstić information content (AvgIpc) is 1.59. The zero-order valence-electron chi connectivity index (χ0n) is 6.82. The van der Waals surface area contributed by atoms with E-state index in [1.54, 1.807) is 0 Å². The Morgan fingerprint density at radius 3 is 1.89 bits per heavy atom. The molecule has 3 heteroatoms. The third-order valence-corrected chi connectivity index (χ3v) is 4.43. The van der Waals surface area contributed by atoms with Crippen LogP contribution in [0.1, 0.15) is 0 Å². The van der Waals surface area contributed by atoms with Crippen molar-refractivity contribution in [2.24, 2.45) is 0 Å². The van der Waals surface area contributed by atoms with Gasteiger partial charge in [0.05, 0.1) is 0 Å². The highest BCUT2D eigenvalue weighted by atomic mass is 28.3. The normalized spacial score (nSPS) is 11.6. The summed E-state index contributed by atoms with van der Waals surface area (Å²) in [5, 5.41) is 0. The molecule has 1 nitrogen and oxygen atoms in total. The molecule has 0 radical (unpaired) electrons. The predicted octanol–water partition coefficient (Wildman–Crippen LogP) is 2.38. The maximum atomic E-state index is 10.7. The minimum Gasteiger partial charge on any atom is -0.389 e. The van der Waals surface area contributed by atoms with Crippen molar-refractivity contribution < 1.29 is 4.46 Å². The molecule has 0 rings (SSSR count). The molecule has 0 atom stereocenters. The van der Waals surface area contributed by atoms with Crippen molar-refractivity contribution in [2.45, 2.75) is 38.3 Å². The lowest BCUT2D eigenvalue weighted by molar-refractivity contribution is 0.565. The Kier molecular flexibility index (Phi) is 3.50. The molecule has 9 heavy (non-hydrogen) atoms. The summed E-state index contributed by atoms with van der Waals surface area (Å²) in [7, 11) is -2.08. The minimum absolute atomic E-state index is 0.895. The second-order valence-electron chi connectivity index (χ2n) is 3.76. The Balaban J connectivity index is 3.39. The van der Waals surface area contributed by atoms with Crippen molar-refractivity contribution in [3.63, 3.8) is 0 Å². The molecule has 0 spiro atoms. The van der Waals surface area contributed by atoms with Gasteiger partial charge in [-0.05, 0) is 12.6 Å². The highest BCUT2D eigenvalue weighted by Gasteiger charge is 2.13. The first-order chi connectivity index (χ1) is 3.92. The van der Waals surface area contributed by atoms with Crippen molar-refractivity contribution in [3.8, 4) is 0 Å². The lowest BCUT2D eigenvalue weighted by atomic mass is 10.9. The molecule has 0 aliphatic heterocycles. The third kappa shape index (κ3) is 8.23. The monoisotopic (exact) mass is 160 g/mol. The van der Waals surface area contributed by atoms with Crippen LogP contribution in [0.2, 0.25) is 38.3 Å². The van der Waals surface area contributed by atoms with Crippen LogP contribution in [0.15, 0.2) is 0 Å². The lowest BCUT2D eigenvalue weighted by Crippen LogP contribution is -2.19. The molecule has 0 aromatic carbocycles. The molecule has 0 N–H and O–H groups in total. The fourth-order valence-corrected chi connectivity index (χ4v) is 4.96. The lowest BCUT2D eigenvalue weighted by Gasteiger charge is -2.12. The van der Waals surface area contributed by atoms with Crippen molar-refractivity contribution in [1.29, 1.82) is 0 Å². The van der Waals surface area contributed by atoms with Gasteiger partial charge in [0.25, 0.3) is 8.68 Å². The van der Waals surface area contributed by atoms with Crippen LogP contribution < -0.4 is 0 Å². The molecule has 0 saturated carbocycles. The van der Waals surface area contributed by atoms with E-state index >= 15 is 0 Å². The zero-order valence-corrected chi connectivity index (χ0v) is 8.82. The van der Waals surface area contributed by atoms with Crippen LogP contribution in [0.25, 0.3) is 0 Å². The minimum atomic E-state index is -1.18. The Labute approximate surface area is 60.1 Å². The fourth-order valence-electron chi connectivity index (χ4n) is 0.551. The summed E-state index contributed by atoms with van der Waals surface area (Å²) in [5.41, 5.74) is 0. The molecule has 0 aliphatic carbocycles. The molecular weight excluding hydrogens is 144 g/mol. The van der Waals surface area contributed by atoms with E-state index < -0.39 is 16.8 Å². The molecule has 0 unspecified atom stereocenters. The Bertz CT molecular complexity index is 104. The van der Waals surface area contributed by atoms with Crippen LogP contribution in [0.3, 0.4) is 0 Å². The van der Waals surface area contributed by atoms with Crippen LogP contribution in [0.4, 0.5) is 0 Å². The first-order valence-corrected chi connectivity index (χ1v) is 9.23. The van der Waals surface area contributed by atoms with E-state index in [1.165, 1.54) is 6.04 Å². The molecule has 0 aromatic heterocycles. The second kappa shape index (κ2) is 3.41. The van der Waals surface area contributed by atoms with Gasteiger partial charge in [-0.2, -0.15) is 0 Å². The predicted molar refractivity (Wildman–Crippen MR) is 45.3 cm³/mol. The molecule has 0 fully saturated rings. The molecular formula is C6H16OSi2. The summed E-state index contributed by atoms with van der Waals surface area (Å²) in [6.45, 7) is 8.80. The smallest absolute Gasteiger partial charge is 0.273 e. The standard InChI is InChI=1S/C6H16OSi2/c1-8(7)5-6-9(2,3)4/h5-6H2,1-4H3.